The molecule has 2 fully saturated rings. The molecular formula is C30H29ClN2O5. The number of ketones is 1. The zero-order valence-electron chi connectivity index (χ0n) is 21.3. The quantitative estimate of drug-likeness (QED) is 0.288. The monoisotopic (exact) mass is 532 g/mol. The van der Waals surface area contributed by atoms with Crippen molar-refractivity contribution in [2.24, 2.45) is 5.73 Å². The van der Waals surface area contributed by atoms with E-state index in [1.165, 1.54) is 18.4 Å². The molecule has 0 unspecified atom stereocenters. The van der Waals surface area contributed by atoms with Crippen LogP contribution in [-0.4, -0.2) is 41.4 Å². The van der Waals surface area contributed by atoms with Gasteiger partial charge in [-0.1, -0.05) is 29.8 Å². The van der Waals surface area contributed by atoms with Gasteiger partial charge in [0.15, 0.2) is 12.4 Å². The summed E-state index contributed by atoms with van der Waals surface area (Å²) in [5, 5.41) is 3.01. The van der Waals surface area contributed by atoms with Crippen LogP contribution in [0.3, 0.4) is 0 Å². The Labute approximate surface area is 225 Å². The molecule has 8 heteroatoms. The van der Waals surface area contributed by atoms with E-state index in [0.717, 1.165) is 21.7 Å². The van der Waals surface area contributed by atoms with Crippen LogP contribution in [-0.2, 0) is 16.0 Å². The summed E-state index contributed by atoms with van der Waals surface area (Å²) in [7, 11) is 0. The molecule has 0 radical (unpaired) electrons. The van der Waals surface area contributed by atoms with E-state index in [-0.39, 0.29) is 29.8 Å². The highest BCUT2D eigenvalue weighted by Crippen LogP contribution is 2.41. The zero-order valence-corrected chi connectivity index (χ0v) is 22.1. The summed E-state index contributed by atoms with van der Waals surface area (Å²) in [6.07, 6.45) is 4.15. The van der Waals surface area contributed by atoms with Crippen LogP contribution in [0.4, 0.5) is 0 Å². The van der Waals surface area contributed by atoms with Crippen molar-refractivity contribution in [2.75, 3.05) is 13.2 Å². The van der Waals surface area contributed by atoms with Crippen molar-refractivity contribution in [2.45, 2.75) is 51.0 Å². The average Bonchev–Trinajstić information content (AvgIpc) is 3.59. The standard InChI is InChI=1S/C30H29ClN2O5/c1-30(2)37-15-22(38-30)13-33-14-25(23-8-6-18(11-26(23)33)17-3-4-17)27(34)16-36-28-12-19-5-7-21(31)9-20(19)10-24(28)29(32)35/h5-12,14,17,22H,3-4,13,15-16H2,1-2H3,(H2,32,35)/t22-/m1/s1. The lowest BCUT2D eigenvalue weighted by atomic mass is 10.0. The number of primary amides is 1. The molecule has 3 aromatic carbocycles. The normalized spacial score (nSPS) is 18.8. The lowest BCUT2D eigenvalue weighted by Gasteiger charge is -2.17. The molecule has 6 rings (SSSR count). The predicted molar refractivity (Wildman–Crippen MR) is 146 cm³/mol. The maximum absolute atomic E-state index is 13.5. The Morgan fingerprint density at radius 3 is 2.61 bits per heavy atom. The molecule has 1 saturated heterocycles. The molecule has 2 N–H and O–H groups in total. The van der Waals surface area contributed by atoms with Gasteiger partial charge in [-0.05, 0) is 79.3 Å². The number of benzene rings is 3. The Balaban J connectivity index is 1.30. The Hall–Kier alpha value is -3.39. The third-order valence-electron chi connectivity index (χ3n) is 7.25. The number of ether oxygens (including phenoxy) is 3. The number of hydrogen-bond acceptors (Lipinski definition) is 5. The van der Waals surface area contributed by atoms with Gasteiger partial charge in [-0.15, -0.1) is 0 Å². The van der Waals surface area contributed by atoms with E-state index in [4.69, 9.17) is 31.5 Å². The largest absolute Gasteiger partial charge is 0.485 e. The number of carbonyl (C=O) groups excluding carboxylic acids is 2. The SMILES string of the molecule is CC1(C)OC[C@@H](Cn2cc(C(=O)COc3cc4ccc(Cl)cc4cc3C(N)=O)c3ccc(C4CC4)cc32)O1. The van der Waals surface area contributed by atoms with Gasteiger partial charge in [0, 0.05) is 27.7 Å². The number of Topliss-reactive ketones (excluding diaryl/α,β-unsaturated/α-hetero) is 1. The number of fused-ring (bicyclic) bond motifs is 2. The minimum Gasteiger partial charge on any atom is -0.485 e. The first kappa shape index (κ1) is 24.9. The lowest BCUT2D eigenvalue weighted by molar-refractivity contribution is -0.139. The Morgan fingerprint density at radius 2 is 1.89 bits per heavy atom. The fourth-order valence-electron chi connectivity index (χ4n) is 5.21. The van der Waals surface area contributed by atoms with Crippen molar-refractivity contribution in [1.82, 2.24) is 4.57 Å². The smallest absolute Gasteiger partial charge is 0.252 e. The fraction of sp³-hybridized carbons (Fsp3) is 0.333. The molecule has 4 aromatic rings. The van der Waals surface area contributed by atoms with E-state index in [9.17, 15) is 9.59 Å². The molecule has 1 saturated carbocycles. The number of rotatable bonds is 8. The maximum atomic E-state index is 13.5. The van der Waals surface area contributed by atoms with Gasteiger partial charge in [0.05, 0.1) is 18.7 Å². The van der Waals surface area contributed by atoms with Gasteiger partial charge in [-0.2, -0.15) is 0 Å². The number of carbonyl (C=O) groups is 2. The van der Waals surface area contributed by atoms with E-state index < -0.39 is 11.7 Å². The molecule has 196 valence electrons. The van der Waals surface area contributed by atoms with Crippen LogP contribution in [0.1, 0.15) is 58.9 Å². The summed E-state index contributed by atoms with van der Waals surface area (Å²) in [6, 6.07) is 15.0. The van der Waals surface area contributed by atoms with Crippen LogP contribution in [0.25, 0.3) is 21.7 Å². The number of nitrogens with two attached hydrogens (primary N) is 1. The number of nitrogens with zero attached hydrogens (tertiary/aromatic N) is 1. The van der Waals surface area contributed by atoms with Gasteiger partial charge in [-0.3, -0.25) is 9.59 Å². The van der Waals surface area contributed by atoms with Crippen LogP contribution in [0.15, 0.2) is 54.7 Å². The number of hydrogen-bond donors (Lipinski definition) is 1. The number of amides is 1. The van der Waals surface area contributed by atoms with Gasteiger partial charge >= 0.3 is 0 Å². The summed E-state index contributed by atoms with van der Waals surface area (Å²) in [6.45, 7) is 4.63. The third-order valence-corrected chi connectivity index (χ3v) is 7.48. The summed E-state index contributed by atoms with van der Waals surface area (Å²) in [5.74, 6) is -0.601. The number of halogens is 1. The van der Waals surface area contributed by atoms with E-state index in [2.05, 4.69) is 16.7 Å². The van der Waals surface area contributed by atoms with Gasteiger partial charge < -0.3 is 24.5 Å². The Bertz CT molecular complexity index is 1590. The molecule has 0 bridgehead atoms. The van der Waals surface area contributed by atoms with E-state index >= 15 is 0 Å². The van der Waals surface area contributed by atoms with Crippen LogP contribution in [0, 0.1) is 0 Å². The van der Waals surface area contributed by atoms with E-state index in [1.807, 2.05) is 32.2 Å². The maximum Gasteiger partial charge on any atom is 0.252 e. The minimum atomic E-state index is -0.639. The van der Waals surface area contributed by atoms with Gasteiger partial charge in [-0.25, -0.2) is 0 Å². The second kappa shape index (κ2) is 9.42. The third kappa shape index (κ3) is 4.89. The molecule has 1 amide bonds. The van der Waals surface area contributed by atoms with Crippen LogP contribution in [0.2, 0.25) is 5.02 Å². The second-order valence-corrected chi connectivity index (χ2v) is 11.0. The van der Waals surface area contributed by atoms with E-state index in [0.29, 0.717) is 29.7 Å². The highest BCUT2D eigenvalue weighted by molar-refractivity contribution is 6.31. The molecule has 2 aliphatic rings. The van der Waals surface area contributed by atoms with Gasteiger partial charge in [0.2, 0.25) is 5.78 Å². The molecule has 1 aromatic heterocycles. The van der Waals surface area contributed by atoms with Crippen LogP contribution in [0.5, 0.6) is 5.75 Å². The van der Waals surface area contributed by atoms with E-state index in [1.54, 1.807) is 24.3 Å². The highest BCUT2D eigenvalue weighted by atomic mass is 35.5. The summed E-state index contributed by atoms with van der Waals surface area (Å²) in [5.41, 5.74) is 8.66. The highest BCUT2D eigenvalue weighted by Gasteiger charge is 2.33. The summed E-state index contributed by atoms with van der Waals surface area (Å²) < 4.78 is 19.8. The van der Waals surface area contributed by atoms with Crippen LogP contribution >= 0.6 is 11.6 Å². The molecule has 2 heterocycles. The van der Waals surface area contributed by atoms with Crippen molar-refractivity contribution < 1.29 is 23.8 Å². The minimum absolute atomic E-state index is 0.117. The molecule has 1 aliphatic heterocycles. The predicted octanol–water partition coefficient (Wildman–Crippen LogP) is 5.84. The molecule has 0 spiro atoms. The van der Waals surface area contributed by atoms with Gasteiger partial charge in [0.1, 0.15) is 11.9 Å². The van der Waals surface area contributed by atoms with Crippen molar-refractivity contribution in [1.29, 1.82) is 0 Å². The van der Waals surface area contributed by atoms with Gasteiger partial charge in [0.25, 0.3) is 5.91 Å². The Morgan fingerprint density at radius 1 is 1.08 bits per heavy atom. The second-order valence-electron chi connectivity index (χ2n) is 10.6. The summed E-state index contributed by atoms with van der Waals surface area (Å²) >= 11 is 6.10. The van der Waals surface area contributed by atoms with Crippen molar-refractivity contribution in [3.8, 4) is 5.75 Å². The van der Waals surface area contributed by atoms with Crippen molar-refractivity contribution >= 4 is 45.0 Å². The molecular weight excluding hydrogens is 504 g/mol. The zero-order chi connectivity index (χ0) is 26.6. The topological polar surface area (TPSA) is 92.8 Å². The molecule has 1 atom stereocenters. The lowest BCUT2D eigenvalue weighted by Crippen LogP contribution is -2.24. The van der Waals surface area contributed by atoms with Crippen molar-refractivity contribution in [3.05, 3.63) is 76.4 Å². The molecule has 1 aliphatic carbocycles. The summed E-state index contributed by atoms with van der Waals surface area (Å²) in [4.78, 5) is 25.6. The molecule has 38 heavy (non-hydrogen) atoms. The Kier molecular flexibility index (Phi) is 6.17. The fourth-order valence-corrected chi connectivity index (χ4v) is 5.39. The van der Waals surface area contributed by atoms with Crippen molar-refractivity contribution in [3.63, 3.8) is 0 Å². The molecule has 7 nitrogen and oxygen atoms in total. The first-order valence-electron chi connectivity index (χ1n) is 12.8. The van der Waals surface area contributed by atoms with Crippen LogP contribution < -0.4 is 10.5 Å². The first-order valence-corrected chi connectivity index (χ1v) is 13.2. The average molecular weight is 533 g/mol. The number of aromatic nitrogens is 1. The first-order chi connectivity index (χ1) is 18.2.